The van der Waals surface area contributed by atoms with Crippen LogP contribution in [0, 0.1) is 0 Å². The fraction of sp³-hybridized carbons (Fsp3) is 0.538. The molecule has 1 aromatic carbocycles. The van der Waals surface area contributed by atoms with Gasteiger partial charge in [0.05, 0.1) is 7.11 Å². The molecular weight excluding hydrogens is 222 g/mol. The quantitative estimate of drug-likeness (QED) is 0.864. The molecule has 1 fully saturated rings. The molecule has 0 amide bonds. The summed E-state index contributed by atoms with van der Waals surface area (Å²) in [6.45, 7) is 0. The summed E-state index contributed by atoms with van der Waals surface area (Å²) in [5.74, 6) is 1.67. The minimum absolute atomic E-state index is 0. The summed E-state index contributed by atoms with van der Waals surface area (Å²) in [5, 5.41) is 0. The molecule has 1 aliphatic rings. The normalized spacial score (nSPS) is 24.6. The maximum atomic E-state index is 5.91. The fourth-order valence-electron chi connectivity index (χ4n) is 2.43. The van der Waals surface area contributed by atoms with Crippen molar-refractivity contribution in [2.75, 3.05) is 7.11 Å². The second-order valence-corrected chi connectivity index (χ2v) is 4.35. The average Bonchev–Trinajstić information content (AvgIpc) is 2.30. The molecule has 1 saturated carbocycles. The standard InChI is InChI=1S/C13H19NO.ClH/c1-15-13-5-3-2-4-12(13)10-6-8-11(14)9-7-10;/h2-5,10-11H,6-9,14H2,1H3;1H. The number of hydrogen-bond donors (Lipinski definition) is 1. The first-order chi connectivity index (χ1) is 7.31. The van der Waals surface area contributed by atoms with Crippen LogP contribution in [0.25, 0.3) is 0 Å². The zero-order valence-corrected chi connectivity index (χ0v) is 10.5. The molecular formula is C13H20ClNO. The monoisotopic (exact) mass is 241 g/mol. The van der Waals surface area contributed by atoms with Crippen molar-refractivity contribution >= 4 is 12.4 Å². The van der Waals surface area contributed by atoms with Crippen molar-refractivity contribution in [1.29, 1.82) is 0 Å². The second kappa shape index (κ2) is 6.12. The first-order valence-corrected chi connectivity index (χ1v) is 5.69. The van der Waals surface area contributed by atoms with Crippen molar-refractivity contribution in [2.24, 2.45) is 5.73 Å². The van der Waals surface area contributed by atoms with Gasteiger partial charge in [0.2, 0.25) is 0 Å². The summed E-state index contributed by atoms with van der Waals surface area (Å²) in [6.07, 6.45) is 4.68. The number of hydrogen-bond acceptors (Lipinski definition) is 2. The Labute approximate surface area is 104 Å². The van der Waals surface area contributed by atoms with Gasteiger partial charge in [0.25, 0.3) is 0 Å². The lowest BCUT2D eigenvalue weighted by molar-refractivity contribution is 0.369. The van der Waals surface area contributed by atoms with Crippen molar-refractivity contribution in [2.45, 2.75) is 37.6 Å². The molecule has 2 N–H and O–H groups in total. The Morgan fingerprint density at radius 1 is 1.12 bits per heavy atom. The van der Waals surface area contributed by atoms with E-state index in [4.69, 9.17) is 10.5 Å². The van der Waals surface area contributed by atoms with Crippen molar-refractivity contribution in [3.63, 3.8) is 0 Å². The van der Waals surface area contributed by atoms with Crippen molar-refractivity contribution in [3.8, 4) is 5.75 Å². The number of nitrogens with two attached hydrogens (primary N) is 1. The van der Waals surface area contributed by atoms with Gasteiger partial charge in [0.1, 0.15) is 5.75 Å². The fourth-order valence-corrected chi connectivity index (χ4v) is 2.43. The summed E-state index contributed by atoms with van der Waals surface area (Å²) >= 11 is 0. The molecule has 0 spiro atoms. The van der Waals surface area contributed by atoms with Crippen LogP contribution >= 0.6 is 12.4 Å². The van der Waals surface area contributed by atoms with Gasteiger partial charge in [0, 0.05) is 6.04 Å². The van der Waals surface area contributed by atoms with E-state index in [-0.39, 0.29) is 12.4 Å². The van der Waals surface area contributed by atoms with E-state index in [1.54, 1.807) is 7.11 Å². The lowest BCUT2D eigenvalue weighted by atomic mass is 9.82. The van der Waals surface area contributed by atoms with E-state index in [1.165, 1.54) is 18.4 Å². The van der Waals surface area contributed by atoms with Crippen LogP contribution in [-0.4, -0.2) is 13.2 Å². The Hall–Kier alpha value is -0.730. The van der Waals surface area contributed by atoms with Crippen LogP contribution in [-0.2, 0) is 0 Å². The minimum Gasteiger partial charge on any atom is -0.496 e. The molecule has 0 unspecified atom stereocenters. The summed E-state index contributed by atoms with van der Waals surface area (Å²) in [4.78, 5) is 0. The molecule has 0 aliphatic heterocycles. The maximum absolute atomic E-state index is 5.91. The molecule has 90 valence electrons. The van der Waals surface area contributed by atoms with E-state index in [0.29, 0.717) is 12.0 Å². The molecule has 0 saturated heterocycles. The van der Waals surface area contributed by atoms with Crippen LogP contribution in [0.1, 0.15) is 37.2 Å². The third kappa shape index (κ3) is 2.89. The Bertz CT molecular complexity index is 321. The molecule has 0 radical (unpaired) electrons. The number of ether oxygens (including phenoxy) is 1. The highest BCUT2D eigenvalue weighted by atomic mass is 35.5. The molecule has 0 bridgehead atoms. The lowest BCUT2D eigenvalue weighted by Gasteiger charge is -2.27. The molecule has 1 aromatic rings. The predicted octanol–water partition coefficient (Wildman–Crippen LogP) is 3.10. The van der Waals surface area contributed by atoms with E-state index in [0.717, 1.165) is 18.6 Å². The van der Waals surface area contributed by atoms with Gasteiger partial charge in [-0.2, -0.15) is 0 Å². The molecule has 3 heteroatoms. The van der Waals surface area contributed by atoms with Crippen LogP contribution in [0.4, 0.5) is 0 Å². The van der Waals surface area contributed by atoms with Gasteiger partial charge in [-0.25, -0.2) is 0 Å². The summed E-state index contributed by atoms with van der Waals surface area (Å²) in [5.41, 5.74) is 7.27. The molecule has 2 nitrogen and oxygen atoms in total. The van der Waals surface area contributed by atoms with Gasteiger partial charge in [-0.1, -0.05) is 18.2 Å². The molecule has 0 aromatic heterocycles. The molecule has 16 heavy (non-hydrogen) atoms. The highest BCUT2D eigenvalue weighted by Crippen LogP contribution is 2.36. The molecule has 2 rings (SSSR count). The van der Waals surface area contributed by atoms with E-state index in [9.17, 15) is 0 Å². The average molecular weight is 242 g/mol. The van der Waals surface area contributed by atoms with Gasteiger partial charge < -0.3 is 10.5 Å². The maximum Gasteiger partial charge on any atom is 0.122 e. The van der Waals surface area contributed by atoms with Crippen LogP contribution in [0.2, 0.25) is 0 Å². The third-order valence-electron chi connectivity index (χ3n) is 3.35. The molecule has 0 atom stereocenters. The van der Waals surface area contributed by atoms with Crippen molar-refractivity contribution < 1.29 is 4.74 Å². The van der Waals surface area contributed by atoms with Crippen molar-refractivity contribution in [3.05, 3.63) is 29.8 Å². The van der Waals surface area contributed by atoms with E-state index < -0.39 is 0 Å². The van der Waals surface area contributed by atoms with Crippen LogP contribution in [0.5, 0.6) is 5.75 Å². The van der Waals surface area contributed by atoms with Gasteiger partial charge in [-0.05, 0) is 43.2 Å². The highest BCUT2D eigenvalue weighted by molar-refractivity contribution is 5.85. The van der Waals surface area contributed by atoms with E-state index in [1.807, 2.05) is 12.1 Å². The molecule has 0 heterocycles. The number of para-hydroxylation sites is 1. The zero-order chi connectivity index (χ0) is 10.7. The van der Waals surface area contributed by atoms with Crippen LogP contribution in [0.15, 0.2) is 24.3 Å². The summed E-state index contributed by atoms with van der Waals surface area (Å²) < 4.78 is 5.39. The van der Waals surface area contributed by atoms with Crippen LogP contribution in [0.3, 0.4) is 0 Å². The predicted molar refractivity (Wildman–Crippen MR) is 69.4 cm³/mol. The van der Waals surface area contributed by atoms with Gasteiger partial charge >= 0.3 is 0 Å². The van der Waals surface area contributed by atoms with E-state index >= 15 is 0 Å². The van der Waals surface area contributed by atoms with Crippen molar-refractivity contribution in [1.82, 2.24) is 0 Å². The Morgan fingerprint density at radius 2 is 1.75 bits per heavy atom. The highest BCUT2D eigenvalue weighted by Gasteiger charge is 2.21. The first-order valence-electron chi connectivity index (χ1n) is 5.69. The van der Waals surface area contributed by atoms with E-state index in [2.05, 4.69) is 12.1 Å². The third-order valence-corrected chi connectivity index (χ3v) is 3.35. The largest absolute Gasteiger partial charge is 0.496 e. The van der Waals surface area contributed by atoms with Crippen LogP contribution < -0.4 is 10.5 Å². The first kappa shape index (κ1) is 13.3. The topological polar surface area (TPSA) is 35.2 Å². The summed E-state index contributed by atoms with van der Waals surface area (Å²) in [6, 6.07) is 8.75. The Kier molecular flexibility index (Phi) is 5.10. The summed E-state index contributed by atoms with van der Waals surface area (Å²) in [7, 11) is 1.74. The zero-order valence-electron chi connectivity index (χ0n) is 9.69. The SMILES string of the molecule is COc1ccccc1C1CCC(N)CC1.Cl. The number of halogens is 1. The number of rotatable bonds is 2. The number of benzene rings is 1. The van der Waals surface area contributed by atoms with Gasteiger partial charge in [-0.15, -0.1) is 12.4 Å². The Balaban J connectivity index is 0.00000128. The minimum atomic E-state index is 0. The molecule has 1 aliphatic carbocycles. The van der Waals surface area contributed by atoms with Gasteiger partial charge in [0.15, 0.2) is 0 Å². The lowest BCUT2D eigenvalue weighted by Crippen LogP contribution is -2.25. The number of methoxy groups -OCH3 is 1. The Morgan fingerprint density at radius 3 is 2.38 bits per heavy atom. The van der Waals surface area contributed by atoms with Gasteiger partial charge in [-0.3, -0.25) is 0 Å². The second-order valence-electron chi connectivity index (χ2n) is 4.35. The smallest absolute Gasteiger partial charge is 0.122 e.